The van der Waals surface area contributed by atoms with Gasteiger partial charge in [-0.05, 0) is 46.1 Å². The molecule has 0 bridgehead atoms. The normalized spacial score (nSPS) is 13.4. The van der Waals surface area contributed by atoms with Crippen LogP contribution in [0.15, 0.2) is 65.4 Å². The zero-order chi connectivity index (χ0) is 18.8. The van der Waals surface area contributed by atoms with Crippen molar-refractivity contribution in [2.24, 2.45) is 0 Å². The minimum atomic E-state index is -0.251. The van der Waals surface area contributed by atoms with Gasteiger partial charge in [-0.3, -0.25) is 9.59 Å². The Morgan fingerprint density at radius 3 is 2.59 bits per heavy atom. The van der Waals surface area contributed by atoms with E-state index in [1.54, 1.807) is 15.8 Å². The van der Waals surface area contributed by atoms with E-state index in [1.807, 2.05) is 54.7 Å². The molecule has 6 nitrogen and oxygen atoms in total. The Kier molecular flexibility index (Phi) is 4.77. The summed E-state index contributed by atoms with van der Waals surface area (Å²) in [4.78, 5) is 26.6. The van der Waals surface area contributed by atoms with Crippen LogP contribution in [0, 0.1) is 0 Å². The minimum Gasteiger partial charge on any atom is -0.323 e. The van der Waals surface area contributed by atoms with E-state index in [4.69, 9.17) is 0 Å². The Labute approximate surface area is 164 Å². The summed E-state index contributed by atoms with van der Waals surface area (Å²) in [6.45, 7) is -0.0209. The quantitative estimate of drug-likeness (QED) is 0.695. The number of nitrogens with zero attached hydrogens (tertiary/aromatic N) is 3. The third-order valence-electron chi connectivity index (χ3n) is 4.47. The average molecular weight is 425 g/mol. The first kappa shape index (κ1) is 17.5. The highest BCUT2D eigenvalue weighted by Gasteiger charge is 2.25. The molecule has 136 valence electrons. The van der Waals surface area contributed by atoms with Gasteiger partial charge in [0.2, 0.25) is 11.8 Å². The molecule has 2 heterocycles. The summed E-state index contributed by atoms with van der Waals surface area (Å²) in [5.41, 5.74) is 3.29. The smallest absolute Gasteiger partial charge is 0.244 e. The van der Waals surface area contributed by atoms with Gasteiger partial charge in [0.25, 0.3) is 0 Å². The summed E-state index contributed by atoms with van der Waals surface area (Å²) >= 11 is 3.38. The van der Waals surface area contributed by atoms with Gasteiger partial charge >= 0.3 is 0 Å². The molecule has 2 amide bonds. The maximum absolute atomic E-state index is 12.7. The molecule has 2 aromatic carbocycles. The second-order valence-corrected chi connectivity index (χ2v) is 7.19. The van der Waals surface area contributed by atoms with Gasteiger partial charge in [-0.1, -0.05) is 30.3 Å². The van der Waals surface area contributed by atoms with Gasteiger partial charge < -0.3 is 10.2 Å². The van der Waals surface area contributed by atoms with Crippen molar-refractivity contribution in [1.29, 1.82) is 0 Å². The number of para-hydroxylation sites is 3. The van der Waals surface area contributed by atoms with Crippen molar-refractivity contribution >= 4 is 39.1 Å². The molecule has 27 heavy (non-hydrogen) atoms. The molecule has 0 fully saturated rings. The van der Waals surface area contributed by atoms with E-state index >= 15 is 0 Å². The fourth-order valence-corrected chi connectivity index (χ4v) is 3.50. The molecule has 0 aliphatic carbocycles. The number of carbonyl (C=O) groups is 2. The first-order valence-electron chi connectivity index (χ1n) is 8.59. The summed E-state index contributed by atoms with van der Waals surface area (Å²) < 4.78 is 2.53. The molecule has 7 heteroatoms. The van der Waals surface area contributed by atoms with Crippen LogP contribution in [-0.2, 0) is 16.0 Å². The SMILES string of the molecule is O=C(CN1C(=O)CCc2ccccc21)Nc1ccccc1-n1cc(Br)cn1. The van der Waals surface area contributed by atoms with Crippen LogP contribution in [-0.4, -0.2) is 28.1 Å². The van der Waals surface area contributed by atoms with Crippen LogP contribution in [0.5, 0.6) is 0 Å². The van der Waals surface area contributed by atoms with E-state index in [2.05, 4.69) is 26.3 Å². The number of aryl methyl sites for hydroxylation is 1. The van der Waals surface area contributed by atoms with E-state index in [0.29, 0.717) is 18.5 Å². The molecule has 3 aromatic rings. The topological polar surface area (TPSA) is 67.2 Å². The number of nitrogens with one attached hydrogen (secondary N) is 1. The molecular formula is C20H17BrN4O2. The summed E-state index contributed by atoms with van der Waals surface area (Å²) in [6, 6.07) is 15.1. The van der Waals surface area contributed by atoms with Crippen molar-refractivity contribution in [2.75, 3.05) is 16.8 Å². The van der Waals surface area contributed by atoms with Gasteiger partial charge in [0.1, 0.15) is 6.54 Å². The third-order valence-corrected chi connectivity index (χ3v) is 4.88. The zero-order valence-corrected chi connectivity index (χ0v) is 16.0. The highest BCUT2D eigenvalue weighted by molar-refractivity contribution is 9.10. The van der Waals surface area contributed by atoms with E-state index < -0.39 is 0 Å². The first-order chi connectivity index (χ1) is 13.1. The number of anilines is 2. The number of hydrogen-bond acceptors (Lipinski definition) is 3. The molecule has 0 unspecified atom stereocenters. The van der Waals surface area contributed by atoms with Gasteiger partial charge in [-0.2, -0.15) is 5.10 Å². The second kappa shape index (κ2) is 7.36. The largest absolute Gasteiger partial charge is 0.323 e. The molecule has 0 saturated heterocycles. The number of fused-ring (bicyclic) bond motifs is 1. The Bertz CT molecular complexity index is 1010. The number of benzene rings is 2. The zero-order valence-electron chi connectivity index (χ0n) is 14.4. The van der Waals surface area contributed by atoms with Gasteiger partial charge in [-0.25, -0.2) is 4.68 Å². The maximum Gasteiger partial charge on any atom is 0.244 e. The lowest BCUT2D eigenvalue weighted by Gasteiger charge is -2.28. The lowest BCUT2D eigenvalue weighted by atomic mass is 10.0. The van der Waals surface area contributed by atoms with Gasteiger partial charge in [-0.15, -0.1) is 0 Å². The number of carbonyl (C=O) groups excluding carboxylic acids is 2. The van der Waals surface area contributed by atoms with Gasteiger partial charge in [0.05, 0.1) is 22.0 Å². The number of aromatic nitrogens is 2. The van der Waals surface area contributed by atoms with E-state index in [1.165, 1.54) is 0 Å². The van der Waals surface area contributed by atoms with Crippen molar-refractivity contribution in [3.63, 3.8) is 0 Å². The van der Waals surface area contributed by atoms with Crippen molar-refractivity contribution in [3.8, 4) is 5.69 Å². The monoisotopic (exact) mass is 424 g/mol. The number of hydrogen-bond donors (Lipinski definition) is 1. The number of amides is 2. The number of rotatable bonds is 4. The van der Waals surface area contributed by atoms with Crippen LogP contribution in [0.4, 0.5) is 11.4 Å². The van der Waals surface area contributed by atoms with Crippen molar-refractivity contribution in [3.05, 3.63) is 71.0 Å². The van der Waals surface area contributed by atoms with Gasteiger partial charge in [0, 0.05) is 18.3 Å². The van der Waals surface area contributed by atoms with E-state index in [-0.39, 0.29) is 18.4 Å². The van der Waals surface area contributed by atoms with Crippen LogP contribution >= 0.6 is 15.9 Å². The summed E-state index contributed by atoms with van der Waals surface area (Å²) in [5, 5.41) is 7.17. The Morgan fingerprint density at radius 1 is 1.07 bits per heavy atom. The standard InChI is InChI=1S/C20H17BrN4O2/c21-15-11-22-25(12-15)18-8-4-2-6-16(18)23-19(26)13-24-17-7-3-1-5-14(17)9-10-20(24)27/h1-8,11-12H,9-10,13H2,(H,23,26). The summed E-state index contributed by atoms with van der Waals surface area (Å²) in [5.74, 6) is -0.285. The molecule has 0 spiro atoms. The molecule has 1 aromatic heterocycles. The Morgan fingerprint density at radius 2 is 1.81 bits per heavy atom. The summed E-state index contributed by atoms with van der Waals surface area (Å²) in [6.07, 6.45) is 4.63. The van der Waals surface area contributed by atoms with Crippen molar-refractivity contribution in [1.82, 2.24) is 9.78 Å². The van der Waals surface area contributed by atoms with Crippen molar-refractivity contribution in [2.45, 2.75) is 12.8 Å². The lowest BCUT2D eigenvalue weighted by molar-refractivity contribution is -0.121. The Balaban J connectivity index is 1.55. The fraction of sp³-hybridized carbons (Fsp3) is 0.150. The lowest BCUT2D eigenvalue weighted by Crippen LogP contribution is -2.40. The van der Waals surface area contributed by atoms with Crippen LogP contribution in [0.25, 0.3) is 5.69 Å². The van der Waals surface area contributed by atoms with E-state index in [0.717, 1.165) is 21.4 Å². The average Bonchev–Trinajstić information content (AvgIpc) is 3.11. The fourth-order valence-electron chi connectivity index (χ4n) is 3.21. The summed E-state index contributed by atoms with van der Waals surface area (Å²) in [7, 11) is 0. The molecule has 0 saturated carbocycles. The predicted octanol–water partition coefficient (Wildman–Crippen LogP) is 3.55. The van der Waals surface area contributed by atoms with Crippen LogP contribution in [0.1, 0.15) is 12.0 Å². The van der Waals surface area contributed by atoms with Crippen LogP contribution in [0.2, 0.25) is 0 Å². The third kappa shape index (κ3) is 3.64. The van der Waals surface area contributed by atoms with Gasteiger partial charge in [0.15, 0.2) is 0 Å². The molecule has 1 N–H and O–H groups in total. The highest BCUT2D eigenvalue weighted by Crippen LogP contribution is 2.27. The maximum atomic E-state index is 12.7. The number of halogens is 1. The van der Waals surface area contributed by atoms with Crippen LogP contribution < -0.4 is 10.2 Å². The molecular weight excluding hydrogens is 408 g/mol. The molecule has 1 aliphatic heterocycles. The van der Waals surface area contributed by atoms with E-state index in [9.17, 15) is 9.59 Å². The van der Waals surface area contributed by atoms with Crippen LogP contribution in [0.3, 0.4) is 0 Å². The Hall–Kier alpha value is -2.93. The minimum absolute atomic E-state index is 0.0209. The molecule has 1 aliphatic rings. The molecule has 0 radical (unpaired) electrons. The van der Waals surface area contributed by atoms with Crippen molar-refractivity contribution < 1.29 is 9.59 Å². The highest BCUT2D eigenvalue weighted by atomic mass is 79.9. The second-order valence-electron chi connectivity index (χ2n) is 6.28. The molecule has 0 atom stereocenters. The predicted molar refractivity (Wildman–Crippen MR) is 107 cm³/mol. The first-order valence-corrected chi connectivity index (χ1v) is 9.39. The molecule has 4 rings (SSSR count).